The number of benzene rings is 2. The van der Waals surface area contributed by atoms with Crippen molar-refractivity contribution in [3.63, 3.8) is 0 Å². The Hall–Kier alpha value is -3.68. The number of ether oxygens (including phenoxy) is 2. The van der Waals surface area contributed by atoms with Crippen molar-refractivity contribution in [2.75, 3.05) is 23.0 Å². The van der Waals surface area contributed by atoms with E-state index in [1.807, 2.05) is 6.92 Å². The van der Waals surface area contributed by atoms with E-state index >= 15 is 0 Å². The molecular weight excluding hydrogens is 460 g/mol. The van der Waals surface area contributed by atoms with Crippen LogP contribution in [-0.4, -0.2) is 36.8 Å². The summed E-state index contributed by atoms with van der Waals surface area (Å²) in [6.45, 7) is 2.68. The van der Waals surface area contributed by atoms with E-state index in [0.29, 0.717) is 29.8 Å². The van der Waals surface area contributed by atoms with E-state index in [1.54, 1.807) is 53.4 Å². The second kappa shape index (κ2) is 8.76. The van der Waals surface area contributed by atoms with Crippen LogP contribution < -0.4 is 19.3 Å². The van der Waals surface area contributed by atoms with Gasteiger partial charge in [-0.2, -0.15) is 0 Å². The highest BCUT2D eigenvalue weighted by Gasteiger charge is 2.61. The second-order valence-electron chi connectivity index (χ2n) is 10.1. The highest BCUT2D eigenvalue weighted by atomic mass is 16.5. The molecule has 8 nitrogen and oxygen atoms in total. The van der Waals surface area contributed by atoms with Crippen molar-refractivity contribution >= 4 is 35.1 Å². The molecule has 8 heteroatoms. The number of anilines is 2. The Morgan fingerprint density at radius 2 is 1.61 bits per heavy atom. The van der Waals surface area contributed by atoms with Crippen LogP contribution >= 0.6 is 0 Å². The van der Waals surface area contributed by atoms with Gasteiger partial charge in [-0.1, -0.05) is 6.07 Å². The van der Waals surface area contributed by atoms with Gasteiger partial charge in [0.15, 0.2) is 0 Å². The van der Waals surface area contributed by atoms with Crippen LogP contribution in [0.15, 0.2) is 48.5 Å². The first-order valence-electron chi connectivity index (χ1n) is 12.7. The second-order valence-corrected chi connectivity index (χ2v) is 10.1. The summed E-state index contributed by atoms with van der Waals surface area (Å²) in [5, 5.41) is 0. The summed E-state index contributed by atoms with van der Waals surface area (Å²) >= 11 is 0. The molecule has 0 aromatic heterocycles. The zero-order valence-corrected chi connectivity index (χ0v) is 20.1. The quantitative estimate of drug-likeness (QED) is 0.351. The number of carbonyl (C=O) groups excluding carboxylic acids is 4. The molecule has 3 amide bonds. The van der Waals surface area contributed by atoms with Gasteiger partial charge in [-0.05, 0) is 74.4 Å². The molecule has 0 radical (unpaired) electrons. The Kier molecular flexibility index (Phi) is 5.54. The van der Waals surface area contributed by atoms with Crippen LogP contribution in [0.3, 0.4) is 0 Å². The van der Waals surface area contributed by atoms with E-state index in [0.717, 1.165) is 25.0 Å². The van der Waals surface area contributed by atoms with Crippen molar-refractivity contribution in [2.45, 2.75) is 32.6 Å². The number of amides is 3. The predicted molar refractivity (Wildman–Crippen MR) is 130 cm³/mol. The van der Waals surface area contributed by atoms with Gasteiger partial charge < -0.3 is 14.4 Å². The van der Waals surface area contributed by atoms with E-state index in [9.17, 15) is 19.2 Å². The Morgan fingerprint density at radius 3 is 2.28 bits per heavy atom. The van der Waals surface area contributed by atoms with E-state index in [-0.39, 0.29) is 48.3 Å². The van der Waals surface area contributed by atoms with Gasteiger partial charge in [0.25, 0.3) is 0 Å². The smallest absolute Gasteiger partial charge is 0.316 e. The van der Waals surface area contributed by atoms with Crippen LogP contribution in [0.4, 0.5) is 11.4 Å². The maximum atomic E-state index is 13.1. The Labute approximate surface area is 209 Å². The van der Waals surface area contributed by atoms with Crippen molar-refractivity contribution in [3.8, 4) is 11.5 Å². The number of hydrogen-bond donors (Lipinski definition) is 0. The number of carbonyl (C=O) groups is 4. The van der Waals surface area contributed by atoms with Gasteiger partial charge in [0.05, 0.1) is 30.0 Å². The van der Waals surface area contributed by atoms with Crippen molar-refractivity contribution in [3.05, 3.63) is 48.5 Å². The van der Waals surface area contributed by atoms with Gasteiger partial charge in [-0.25, -0.2) is 4.90 Å². The summed E-state index contributed by atoms with van der Waals surface area (Å²) in [6, 6.07) is 13.7. The summed E-state index contributed by atoms with van der Waals surface area (Å²) in [5.41, 5.74) is 1.13. The molecule has 6 rings (SSSR count). The molecule has 2 aliphatic carbocycles. The third-order valence-electron chi connectivity index (χ3n) is 8.14. The number of hydrogen-bond acceptors (Lipinski definition) is 6. The van der Waals surface area contributed by atoms with E-state index < -0.39 is 11.9 Å². The fourth-order valence-electron chi connectivity index (χ4n) is 6.55. The van der Waals surface area contributed by atoms with Gasteiger partial charge in [0, 0.05) is 24.7 Å². The maximum Gasteiger partial charge on any atom is 0.316 e. The van der Waals surface area contributed by atoms with Gasteiger partial charge >= 0.3 is 5.97 Å². The van der Waals surface area contributed by atoms with Crippen LogP contribution in [0, 0.1) is 29.6 Å². The fraction of sp³-hybridized carbons (Fsp3) is 0.429. The lowest BCUT2D eigenvalue weighted by Gasteiger charge is -2.19. The minimum absolute atomic E-state index is 0.0565. The maximum absolute atomic E-state index is 13.1. The molecule has 2 aromatic carbocycles. The molecule has 5 atom stereocenters. The van der Waals surface area contributed by atoms with Crippen LogP contribution in [0.1, 0.15) is 32.6 Å². The molecule has 4 aliphatic rings. The normalized spacial score (nSPS) is 28.7. The molecule has 0 N–H and O–H groups in total. The zero-order chi connectivity index (χ0) is 25.0. The molecule has 186 valence electrons. The fourth-order valence-corrected chi connectivity index (χ4v) is 6.55. The lowest BCUT2D eigenvalue weighted by molar-refractivity contribution is -0.139. The van der Waals surface area contributed by atoms with Crippen molar-refractivity contribution in [2.24, 2.45) is 29.6 Å². The van der Waals surface area contributed by atoms with Crippen molar-refractivity contribution < 1.29 is 28.7 Å². The molecule has 4 fully saturated rings. The van der Waals surface area contributed by atoms with E-state index in [2.05, 4.69) is 0 Å². The molecule has 0 spiro atoms. The minimum atomic E-state index is -0.613. The summed E-state index contributed by atoms with van der Waals surface area (Å²) < 4.78 is 11.1. The third-order valence-corrected chi connectivity index (χ3v) is 8.14. The molecular formula is C28H28N2O6. The van der Waals surface area contributed by atoms with Crippen LogP contribution in [0.5, 0.6) is 11.5 Å². The van der Waals surface area contributed by atoms with E-state index in [4.69, 9.17) is 9.47 Å². The standard InChI is InChI=1S/C28H28N2O6/c1-2-35-21-10-8-19(9-11-21)29-15-18(13-23(29)31)28(34)36-22-5-3-4-20(14-22)30-26(32)24-16-6-7-17(12-16)25(24)27(30)33/h3-5,8-11,14,16-18,24-25H,2,6-7,12-13,15H2,1H3/t16-,17-,18+,24+,25+/m0/s1. The number of imide groups is 1. The first-order valence-corrected chi connectivity index (χ1v) is 12.7. The molecule has 36 heavy (non-hydrogen) atoms. The van der Waals surface area contributed by atoms with Gasteiger partial charge in [0.2, 0.25) is 17.7 Å². The first-order chi connectivity index (χ1) is 17.4. The molecule has 2 bridgehead atoms. The summed E-state index contributed by atoms with van der Waals surface area (Å²) in [6.07, 6.45) is 3.07. The Morgan fingerprint density at radius 1 is 0.917 bits per heavy atom. The minimum Gasteiger partial charge on any atom is -0.494 e. The number of fused-ring (bicyclic) bond motifs is 5. The first kappa shape index (κ1) is 22.8. The summed E-state index contributed by atoms with van der Waals surface area (Å²) in [5.74, 6) is -0.367. The van der Waals surface area contributed by atoms with E-state index in [1.165, 1.54) is 4.90 Å². The molecule has 2 heterocycles. The highest BCUT2D eigenvalue weighted by Crippen LogP contribution is 2.56. The highest BCUT2D eigenvalue weighted by molar-refractivity contribution is 6.22. The number of nitrogens with zero attached hydrogens (tertiary/aromatic N) is 2. The van der Waals surface area contributed by atoms with Crippen molar-refractivity contribution in [1.82, 2.24) is 0 Å². The third kappa shape index (κ3) is 3.67. The SMILES string of the molecule is CCOc1ccc(N2C[C@H](C(=O)Oc3cccc(N4C(=O)[C@@H]5[C@H]6CC[C@@H](C6)[C@H]5C4=O)c3)CC2=O)cc1. The van der Waals surface area contributed by atoms with Crippen molar-refractivity contribution in [1.29, 1.82) is 0 Å². The number of rotatable bonds is 6. The molecule has 2 saturated carbocycles. The average Bonchev–Trinajstić information content (AvgIpc) is 3.63. The topological polar surface area (TPSA) is 93.2 Å². The average molecular weight is 489 g/mol. The zero-order valence-electron chi connectivity index (χ0n) is 20.1. The van der Waals surface area contributed by atoms with Gasteiger partial charge in [-0.3, -0.25) is 19.2 Å². The molecule has 2 aliphatic heterocycles. The predicted octanol–water partition coefficient (Wildman–Crippen LogP) is 3.58. The Bertz CT molecular complexity index is 1210. The van der Waals surface area contributed by atoms with Crippen LogP contribution in [-0.2, 0) is 19.2 Å². The van der Waals surface area contributed by atoms with Crippen LogP contribution in [0.2, 0.25) is 0 Å². The summed E-state index contributed by atoms with van der Waals surface area (Å²) in [4.78, 5) is 54.7. The molecule has 2 saturated heterocycles. The molecule has 0 unspecified atom stereocenters. The largest absolute Gasteiger partial charge is 0.494 e. The van der Waals surface area contributed by atoms with Gasteiger partial charge in [0.1, 0.15) is 11.5 Å². The molecule has 2 aromatic rings. The number of esters is 1. The van der Waals surface area contributed by atoms with Gasteiger partial charge in [-0.15, -0.1) is 0 Å². The lowest BCUT2D eigenvalue weighted by Crippen LogP contribution is -2.32. The van der Waals surface area contributed by atoms with Crippen LogP contribution in [0.25, 0.3) is 0 Å². The summed E-state index contributed by atoms with van der Waals surface area (Å²) in [7, 11) is 0. The lowest BCUT2D eigenvalue weighted by atomic mass is 9.81. The monoisotopic (exact) mass is 488 g/mol. The Balaban J connectivity index is 1.14.